The standard InChI is InChI=1S/C3H6OS2.2C3H7.Pb/c1-2-4-3(5)6;2*1-3-2;/h2H2,1H3,(H,5,6);2*3H,1-2H3;/q;;;+1/p-1. The van der Waals surface area contributed by atoms with Gasteiger partial charge in [-0.1, -0.05) is 0 Å². The normalized spacial score (nSPS) is 9.15. The van der Waals surface area contributed by atoms with Gasteiger partial charge in [0.15, 0.2) is 0 Å². The van der Waals surface area contributed by atoms with Gasteiger partial charge < -0.3 is 29.6 Å². The molecule has 0 N–H and O–H groups in total. The molecule has 77 valence electrons. The van der Waals surface area contributed by atoms with Crippen LogP contribution in [0.25, 0.3) is 0 Å². The van der Waals surface area contributed by atoms with Crippen molar-refractivity contribution in [2.75, 3.05) is 6.61 Å². The van der Waals surface area contributed by atoms with Crippen molar-refractivity contribution in [2.45, 2.75) is 41.6 Å². The molecule has 0 aliphatic heterocycles. The predicted octanol–water partition coefficient (Wildman–Crippen LogP) is 3.20. The summed E-state index contributed by atoms with van der Waals surface area (Å²) < 4.78 is 6.93. The van der Waals surface area contributed by atoms with Crippen LogP contribution in [-0.4, -0.2) is 35.2 Å². The zero-order valence-corrected chi connectivity index (χ0v) is 14.6. The van der Waals surface area contributed by atoms with Crippen molar-refractivity contribution in [3.8, 4) is 0 Å². The molecule has 0 bridgehead atoms. The van der Waals surface area contributed by atoms with Crippen molar-refractivity contribution in [1.29, 1.82) is 0 Å². The molecule has 0 aromatic heterocycles. The summed E-state index contributed by atoms with van der Waals surface area (Å²) in [6, 6.07) is 0. The molecule has 0 fully saturated rings. The molecule has 4 heteroatoms. The van der Waals surface area contributed by atoms with Gasteiger partial charge in [0.2, 0.25) is 0 Å². The Kier molecular flexibility index (Phi) is 14.1. The second-order valence-corrected chi connectivity index (χ2v) is 14.4. The van der Waals surface area contributed by atoms with Crippen LogP contribution in [0.5, 0.6) is 0 Å². The van der Waals surface area contributed by atoms with E-state index < -0.39 is 0 Å². The molecule has 1 nitrogen and oxygen atoms in total. The van der Waals surface area contributed by atoms with Crippen molar-refractivity contribution >= 4 is 53.5 Å². The molecule has 0 aliphatic rings. The molecule has 0 spiro atoms. The summed E-state index contributed by atoms with van der Waals surface area (Å²) in [6.07, 6.45) is 0. The van der Waals surface area contributed by atoms with Gasteiger partial charge in [0.1, 0.15) is 0 Å². The molecular weight excluding hydrogens is 395 g/mol. The monoisotopic (exact) mass is 415 g/mol. The summed E-state index contributed by atoms with van der Waals surface area (Å²) >= 11 is 8.62. The number of thiocarbonyl (C=S) groups is 1. The summed E-state index contributed by atoms with van der Waals surface area (Å²) in [5, 5.41) is 0. The fraction of sp³-hybridized carbons (Fsp3) is 0.889. The molecule has 0 rings (SSSR count). The Morgan fingerprint density at radius 2 is 1.69 bits per heavy atom. The molecule has 0 aromatic carbocycles. The van der Waals surface area contributed by atoms with Crippen LogP contribution < -0.4 is 0 Å². The molecule has 0 unspecified atom stereocenters. The van der Waals surface area contributed by atoms with Gasteiger partial charge in [-0.25, -0.2) is 0 Å². The van der Waals surface area contributed by atoms with E-state index in [-0.39, 0.29) is 28.6 Å². The molecular formula is C9H19OPbS2. The Labute approximate surface area is 106 Å². The summed E-state index contributed by atoms with van der Waals surface area (Å²) in [4.78, 5) is 0. The van der Waals surface area contributed by atoms with Crippen LogP contribution in [0.1, 0.15) is 34.6 Å². The first kappa shape index (κ1) is 16.5. The van der Waals surface area contributed by atoms with Crippen LogP contribution in [0.2, 0.25) is 6.95 Å². The predicted molar refractivity (Wildman–Crippen MR) is 67.5 cm³/mol. The quantitative estimate of drug-likeness (QED) is 0.399. The van der Waals surface area contributed by atoms with E-state index in [2.05, 4.69) is 57.3 Å². The topological polar surface area (TPSA) is 9.23 Å². The SMILES string of the molecule is CCOC(=S)[S-].C[CH](C)[Pb+][CH](C)C. The Bertz CT molecular complexity index is 121. The number of hydrogen-bond donors (Lipinski definition) is 0. The van der Waals surface area contributed by atoms with Gasteiger partial charge in [0.05, 0.1) is 6.61 Å². The van der Waals surface area contributed by atoms with Crippen LogP contribution in [0.15, 0.2) is 0 Å². The van der Waals surface area contributed by atoms with E-state index in [0.717, 1.165) is 6.95 Å². The molecule has 1 radical (unpaired) electrons. The Morgan fingerprint density at radius 3 is 1.69 bits per heavy atom. The first-order valence-electron chi connectivity index (χ1n) is 4.49. The molecule has 0 saturated carbocycles. The van der Waals surface area contributed by atoms with Gasteiger partial charge in [0, 0.05) is 4.38 Å². The van der Waals surface area contributed by atoms with Crippen LogP contribution in [0.3, 0.4) is 0 Å². The Balaban J connectivity index is 0. The minimum atomic E-state index is -0.151. The third kappa shape index (κ3) is 24.6. The first-order chi connectivity index (χ1) is 5.90. The molecule has 0 amide bonds. The van der Waals surface area contributed by atoms with E-state index in [4.69, 9.17) is 0 Å². The third-order valence-electron chi connectivity index (χ3n) is 0.929. The van der Waals surface area contributed by atoms with Gasteiger partial charge in [0.25, 0.3) is 0 Å². The maximum atomic E-state index is 4.59. The zero-order valence-electron chi connectivity index (χ0n) is 9.09. The third-order valence-corrected chi connectivity index (χ3v) is 6.35. The molecule has 0 saturated heterocycles. The molecule has 0 aromatic rings. The Morgan fingerprint density at radius 1 is 1.31 bits per heavy atom. The summed E-state index contributed by atoms with van der Waals surface area (Å²) in [6.45, 7) is 11.8. The summed E-state index contributed by atoms with van der Waals surface area (Å²) in [7, 11) is 0. The van der Waals surface area contributed by atoms with E-state index in [1.165, 1.54) is 0 Å². The second kappa shape index (κ2) is 11.1. The van der Waals surface area contributed by atoms with Crippen LogP contribution in [0.4, 0.5) is 0 Å². The first-order valence-corrected chi connectivity index (χ1v) is 9.80. The fourth-order valence-electron chi connectivity index (χ4n) is 0.785. The van der Waals surface area contributed by atoms with E-state index in [1.807, 2.05) is 6.92 Å². The minimum absolute atomic E-state index is 0.151. The van der Waals surface area contributed by atoms with E-state index in [9.17, 15) is 0 Å². The number of hydrogen-bond acceptors (Lipinski definition) is 3. The fourth-order valence-corrected chi connectivity index (χ4v) is 6.20. The van der Waals surface area contributed by atoms with Crippen LogP contribution >= 0.6 is 12.2 Å². The van der Waals surface area contributed by atoms with Gasteiger partial charge in [-0.15, -0.1) is 0 Å². The van der Waals surface area contributed by atoms with Gasteiger partial charge in [-0.05, 0) is 6.92 Å². The molecule has 0 heterocycles. The van der Waals surface area contributed by atoms with Gasteiger partial charge >= 0.3 is 58.9 Å². The van der Waals surface area contributed by atoms with E-state index >= 15 is 0 Å². The van der Waals surface area contributed by atoms with E-state index in [1.54, 1.807) is 0 Å². The van der Waals surface area contributed by atoms with Crippen LogP contribution in [-0.2, 0) is 17.4 Å². The number of ether oxygens (including phenoxy) is 1. The number of rotatable bonds is 3. The van der Waals surface area contributed by atoms with Gasteiger partial charge in [-0.2, -0.15) is 0 Å². The average Bonchev–Trinajstić information content (AvgIpc) is 1.83. The van der Waals surface area contributed by atoms with Crippen molar-refractivity contribution < 1.29 is 4.74 Å². The van der Waals surface area contributed by atoms with Crippen molar-refractivity contribution in [3.05, 3.63) is 0 Å². The summed E-state index contributed by atoms with van der Waals surface area (Å²) in [5.41, 5.74) is 0. The average molecular weight is 415 g/mol. The van der Waals surface area contributed by atoms with Gasteiger partial charge in [-0.3, -0.25) is 0 Å². The van der Waals surface area contributed by atoms with E-state index in [0.29, 0.717) is 6.61 Å². The molecule has 0 atom stereocenters. The maximum absolute atomic E-state index is 4.59. The van der Waals surface area contributed by atoms with Crippen molar-refractivity contribution in [3.63, 3.8) is 0 Å². The Hall–Kier alpha value is 1.03. The van der Waals surface area contributed by atoms with Crippen molar-refractivity contribution in [2.24, 2.45) is 0 Å². The molecule has 13 heavy (non-hydrogen) atoms. The second-order valence-electron chi connectivity index (χ2n) is 3.16. The van der Waals surface area contributed by atoms with Crippen molar-refractivity contribution in [1.82, 2.24) is 0 Å². The molecule has 0 aliphatic carbocycles. The zero-order chi connectivity index (χ0) is 10.9. The summed E-state index contributed by atoms with van der Waals surface area (Å²) in [5.74, 6) is 0. The van der Waals surface area contributed by atoms with Crippen LogP contribution in [0, 0.1) is 0 Å².